The minimum Gasteiger partial charge on any atom is -0.352 e. The smallest absolute Gasteiger partial charge is 0.251 e. The average Bonchev–Trinajstić information content (AvgIpc) is 3.37. The van der Waals surface area contributed by atoms with E-state index in [1.807, 2.05) is 41.8 Å². The number of nitrogens with zero attached hydrogens (tertiary/aromatic N) is 5. The first-order valence-corrected chi connectivity index (χ1v) is 12.1. The first-order chi connectivity index (χ1) is 18.0. The quantitative estimate of drug-likeness (QED) is 0.403. The van der Waals surface area contributed by atoms with Crippen molar-refractivity contribution in [2.75, 3.05) is 6.54 Å². The van der Waals surface area contributed by atoms with E-state index in [-0.39, 0.29) is 49.7 Å². The van der Waals surface area contributed by atoms with Crippen molar-refractivity contribution in [3.05, 3.63) is 96.0 Å². The van der Waals surface area contributed by atoms with Gasteiger partial charge in [0.1, 0.15) is 11.7 Å². The number of pyridine rings is 1. The minimum absolute atomic E-state index is 0.0563. The second-order valence-corrected chi connectivity index (χ2v) is 8.91. The molecule has 2 unspecified atom stereocenters. The average molecular weight is 498 g/mol. The highest BCUT2D eigenvalue weighted by Crippen LogP contribution is 2.23. The summed E-state index contributed by atoms with van der Waals surface area (Å²) in [6, 6.07) is 13.4. The molecule has 1 aliphatic rings. The summed E-state index contributed by atoms with van der Waals surface area (Å²) >= 11 is 0. The molecule has 4 heterocycles. The van der Waals surface area contributed by atoms with E-state index in [4.69, 9.17) is 0 Å². The summed E-state index contributed by atoms with van der Waals surface area (Å²) < 4.78 is 1.92. The molecule has 0 spiro atoms. The molecule has 10 nitrogen and oxygen atoms in total. The Morgan fingerprint density at radius 2 is 1.76 bits per heavy atom. The topological polar surface area (TPSA) is 122 Å². The molecule has 2 N–H and O–H groups in total. The lowest BCUT2D eigenvalue weighted by atomic mass is 10.00. The first-order valence-electron chi connectivity index (χ1n) is 12.1. The Hall–Kier alpha value is -4.60. The summed E-state index contributed by atoms with van der Waals surface area (Å²) in [5.41, 5.74) is 3.52. The summed E-state index contributed by atoms with van der Waals surface area (Å²) in [5.74, 6) is -0.775. The van der Waals surface area contributed by atoms with Gasteiger partial charge in [0.15, 0.2) is 0 Å². The maximum atomic E-state index is 13.5. The molecule has 3 amide bonds. The molecular formula is C27H27N7O3. The van der Waals surface area contributed by atoms with E-state index >= 15 is 0 Å². The number of amides is 3. The molecule has 0 radical (unpaired) electrons. The van der Waals surface area contributed by atoms with Crippen LogP contribution in [0.2, 0.25) is 0 Å². The molecule has 1 aromatic carbocycles. The summed E-state index contributed by atoms with van der Waals surface area (Å²) in [6.07, 6.45) is 7.12. The molecule has 0 bridgehead atoms. The van der Waals surface area contributed by atoms with Crippen LogP contribution in [0.5, 0.6) is 0 Å². The Kier molecular flexibility index (Phi) is 6.89. The van der Waals surface area contributed by atoms with E-state index in [0.717, 1.165) is 11.3 Å². The van der Waals surface area contributed by atoms with Crippen molar-refractivity contribution >= 4 is 23.4 Å². The van der Waals surface area contributed by atoms with Crippen molar-refractivity contribution in [1.29, 1.82) is 0 Å². The highest BCUT2D eigenvalue weighted by Gasteiger charge is 2.36. The number of imidazole rings is 1. The highest BCUT2D eigenvalue weighted by molar-refractivity contribution is 5.94. The number of aromatic nitrogens is 4. The number of benzene rings is 1. The van der Waals surface area contributed by atoms with Crippen LogP contribution in [0.3, 0.4) is 0 Å². The fourth-order valence-electron chi connectivity index (χ4n) is 4.53. The van der Waals surface area contributed by atoms with Gasteiger partial charge in [-0.2, -0.15) is 0 Å². The number of nitrogens with one attached hydrogen (secondary N) is 2. The van der Waals surface area contributed by atoms with Gasteiger partial charge in [0.25, 0.3) is 5.91 Å². The Balaban J connectivity index is 1.29. The molecule has 3 aromatic heterocycles. The van der Waals surface area contributed by atoms with E-state index in [9.17, 15) is 14.4 Å². The lowest BCUT2D eigenvalue weighted by molar-refractivity contribution is -0.142. The molecule has 4 aromatic rings. The maximum Gasteiger partial charge on any atom is 0.251 e. The van der Waals surface area contributed by atoms with Crippen LogP contribution in [-0.2, 0) is 22.6 Å². The van der Waals surface area contributed by atoms with Crippen molar-refractivity contribution in [3.63, 3.8) is 0 Å². The van der Waals surface area contributed by atoms with Gasteiger partial charge in [0, 0.05) is 43.5 Å². The fourth-order valence-corrected chi connectivity index (χ4v) is 4.53. The number of carbonyl (C=O) groups excluding carboxylic acids is 3. The normalized spacial score (nSPS) is 15.6. The Morgan fingerprint density at radius 3 is 2.57 bits per heavy atom. The molecule has 188 valence electrons. The molecule has 0 fully saturated rings. The van der Waals surface area contributed by atoms with Crippen LogP contribution in [0.1, 0.15) is 46.8 Å². The molecule has 37 heavy (non-hydrogen) atoms. The Bertz CT molecular complexity index is 1440. The van der Waals surface area contributed by atoms with Crippen LogP contribution in [0.15, 0.2) is 73.3 Å². The van der Waals surface area contributed by atoms with E-state index in [1.54, 1.807) is 42.9 Å². The van der Waals surface area contributed by atoms with Gasteiger partial charge in [0.2, 0.25) is 11.8 Å². The number of hydrogen-bond donors (Lipinski definition) is 2. The first kappa shape index (κ1) is 24.1. The molecule has 0 aliphatic carbocycles. The van der Waals surface area contributed by atoms with Gasteiger partial charge in [0.05, 0.1) is 35.9 Å². The molecule has 0 saturated carbocycles. The second kappa shape index (κ2) is 10.6. The lowest BCUT2D eigenvalue weighted by Gasteiger charge is -2.35. The van der Waals surface area contributed by atoms with E-state index in [1.165, 1.54) is 4.90 Å². The van der Waals surface area contributed by atoms with Gasteiger partial charge < -0.3 is 19.9 Å². The van der Waals surface area contributed by atoms with Crippen molar-refractivity contribution in [2.45, 2.75) is 38.4 Å². The van der Waals surface area contributed by atoms with Gasteiger partial charge in [-0.3, -0.25) is 24.4 Å². The Labute approximate surface area is 213 Å². The molecule has 0 saturated heterocycles. The predicted molar refractivity (Wildman–Crippen MR) is 135 cm³/mol. The van der Waals surface area contributed by atoms with Gasteiger partial charge in [-0.05, 0) is 31.2 Å². The van der Waals surface area contributed by atoms with Gasteiger partial charge in [-0.1, -0.05) is 24.3 Å². The van der Waals surface area contributed by atoms with Crippen LogP contribution < -0.4 is 10.6 Å². The van der Waals surface area contributed by atoms with Crippen molar-refractivity contribution < 1.29 is 14.4 Å². The van der Waals surface area contributed by atoms with E-state index < -0.39 is 6.04 Å². The van der Waals surface area contributed by atoms with Gasteiger partial charge >= 0.3 is 0 Å². The van der Waals surface area contributed by atoms with Crippen LogP contribution in [0, 0.1) is 0 Å². The lowest BCUT2D eigenvalue weighted by Crippen LogP contribution is -2.53. The van der Waals surface area contributed by atoms with Crippen LogP contribution in [0.25, 0.3) is 5.65 Å². The maximum absolute atomic E-state index is 13.5. The van der Waals surface area contributed by atoms with Crippen molar-refractivity contribution in [1.82, 2.24) is 34.9 Å². The van der Waals surface area contributed by atoms with E-state index in [0.29, 0.717) is 17.0 Å². The molecule has 2 atom stereocenters. The standard InChI is InChI=1S/C27H27N7O3/c1-18(23-16-31-24-9-5-6-14-33(23)24)32-27(37)22-15-20-21(29-13-12-28-20)17-34(22)25(35)10-11-30-26(36)19-7-3-2-4-8-19/h2-9,12-14,16,18,22H,10-11,15,17H2,1H3,(H,30,36)(H,32,37). The second-order valence-electron chi connectivity index (χ2n) is 8.91. The fraction of sp³-hybridized carbons (Fsp3) is 0.259. The summed E-state index contributed by atoms with van der Waals surface area (Å²) in [5, 5.41) is 5.82. The zero-order valence-electron chi connectivity index (χ0n) is 20.4. The third-order valence-electron chi connectivity index (χ3n) is 6.47. The SMILES string of the molecule is CC(NC(=O)C1Cc2nccnc2CN1C(=O)CCNC(=O)c1ccccc1)c1cnc2ccccn12. The molecule has 10 heteroatoms. The highest BCUT2D eigenvalue weighted by atomic mass is 16.2. The summed E-state index contributed by atoms with van der Waals surface area (Å²) in [6.45, 7) is 2.22. The Morgan fingerprint density at radius 1 is 1.00 bits per heavy atom. The van der Waals surface area contributed by atoms with Crippen LogP contribution in [-0.4, -0.2) is 54.6 Å². The number of fused-ring (bicyclic) bond motifs is 2. The molecular weight excluding hydrogens is 470 g/mol. The van der Waals surface area contributed by atoms with Gasteiger partial charge in [-0.15, -0.1) is 0 Å². The largest absolute Gasteiger partial charge is 0.352 e. The molecule has 5 rings (SSSR count). The van der Waals surface area contributed by atoms with Crippen molar-refractivity contribution in [2.24, 2.45) is 0 Å². The third-order valence-corrected chi connectivity index (χ3v) is 6.47. The minimum atomic E-state index is -0.747. The third kappa shape index (κ3) is 5.18. The molecule has 1 aliphatic heterocycles. The monoisotopic (exact) mass is 497 g/mol. The van der Waals surface area contributed by atoms with Crippen molar-refractivity contribution in [3.8, 4) is 0 Å². The van der Waals surface area contributed by atoms with E-state index in [2.05, 4.69) is 25.6 Å². The number of carbonyl (C=O) groups is 3. The van der Waals surface area contributed by atoms with Gasteiger partial charge in [-0.25, -0.2) is 4.98 Å². The zero-order chi connectivity index (χ0) is 25.8. The van der Waals surface area contributed by atoms with Crippen LogP contribution in [0.4, 0.5) is 0 Å². The summed E-state index contributed by atoms with van der Waals surface area (Å²) in [7, 11) is 0. The number of hydrogen-bond acceptors (Lipinski definition) is 6. The summed E-state index contributed by atoms with van der Waals surface area (Å²) in [4.78, 5) is 53.8. The predicted octanol–water partition coefficient (Wildman–Crippen LogP) is 2.08. The van der Waals surface area contributed by atoms with Crippen LogP contribution >= 0.6 is 0 Å². The number of rotatable bonds is 7. The zero-order valence-corrected chi connectivity index (χ0v) is 20.4.